The summed E-state index contributed by atoms with van der Waals surface area (Å²) < 4.78 is 43.8. The van der Waals surface area contributed by atoms with Gasteiger partial charge >= 0.3 is 0 Å². The van der Waals surface area contributed by atoms with Crippen molar-refractivity contribution in [1.29, 1.82) is 0 Å². The molecular weight excluding hydrogens is 243 g/mol. The average molecular weight is 248 g/mol. The molecule has 0 N–H and O–H groups in total. The SMILES string of the molecule is Fc1cc(F)c(F)c(-c2cc(CCl)on2)c1. The largest absolute Gasteiger partial charge is 0.359 e. The van der Waals surface area contributed by atoms with Crippen LogP contribution in [0, 0.1) is 17.5 Å². The van der Waals surface area contributed by atoms with Crippen LogP contribution in [0.3, 0.4) is 0 Å². The normalized spacial score (nSPS) is 10.8. The third-order valence-electron chi connectivity index (χ3n) is 1.96. The molecule has 0 spiro atoms. The van der Waals surface area contributed by atoms with Gasteiger partial charge in [-0.1, -0.05) is 5.16 Å². The zero-order valence-electron chi connectivity index (χ0n) is 7.81. The summed E-state index contributed by atoms with van der Waals surface area (Å²) in [6.07, 6.45) is 0. The Labute approximate surface area is 93.6 Å². The third-order valence-corrected chi connectivity index (χ3v) is 2.22. The van der Waals surface area contributed by atoms with Crippen molar-refractivity contribution in [1.82, 2.24) is 5.16 Å². The highest BCUT2D eigenvalue weighted by atomic mass is 35.5. The molecule has 1 aromatic carbocycles. The van der Waals surface area contributed by atoms with Crippen LogP contribution in [0.2, 0.25) is 0 Å². The molecule has 0 amide bonds. The number of hydrogen-bond acceptors (Lipinski definition) is 2. The van der Waals surface area contributed by atoms with Crippen molar-refractivity contribution in [3.8, 4) is 11.3 Å². The Morgan fingerprint density at radius 2 is 1.94 bits per heavy atom. The number of hydrogen-bond donors (Lipinski definition) is 0. The van der Waals surface area contributed by atoms with Gasteiger partial charge in [0.25, 0.3) is 0 Å². The van der Waals surface area contributed by atoms with Crippen LogP contribution in [-0.4, -0.2) is 5.16 Å². The summed E-state index contributed by atoms with van der Waals surface area (Å²) in [6.45, 7) is 0. The predicted octanol–water partition coefficient (Wildman–Crippen LogP) is 3.50. The van der Waals surface area contributed by atoms with Crippen LogP contribution >= 0.6 is 11.6 Å². The van der Waals surface area contributed by atoms with Crippen LogP contribution in [0.25, 0.3) is 11.3 Å². The molecule has 0 fully saturated rings. The summed E-state index contributed by atoms with van der Waals surface area (Å²) in [6, 6.07) is 2.62. The van der Waals surface area contributed by atoms with Crippen LogP contribution in [-0.2, 0) is 5.88 Å². The van der Waals surface area contributed by atoms with Gasteiger partial charge in [0.05, 0.1) is 5.88 Å². The molecule has 0 aliphatic heterocycles. The second-order valence-electron chi connectivity index (χ2n) is 3.06. The summed E-state index contributed by atoms with van der Waals surface area (Å²) in [5.41, 5.74) is -0.288. The molecule has 84 valence electrons. The lowest BCUT2D eigenvalue weighted by Gasteiger charge is -1.99. The second kappa shape index (κ2) is 4.17. The van der Waals surface area contributed by atoms with Crippen LogP contribution in [0.1, 0.15) is 5.76 Å². The summed E-state index contributed by atoms with van der Waals surface area (Å²) in [4.78, 5) is 0. The maximum atomic E-state index is 13.3. The fourth-order valence-electron chi connectivity index (χ4n) is 1.25. The molecule has 0 aliphatic carbocycles. The standard InChI is InChI=1S/C10H5ClF3NO/c11-4-6-3-9(15-16-6)7-1-5(12)2-8(13)10(7)14/h1-3H,4H2. The van der Waals surface area contributed by atoms with Crippen molar-refractivity contribution in [2.45, 2.75) is 5.88 Å². The van der Waals surface area contributed by atoms with Crippen molar-refractivity contribution in [3.05, 3.63) is 41.4 Å². The zero-order valence-corrected chi connectivity index (χ0v) is 8.56. The summed E-state index contributed by atoms with van der Waals surface area (Å²) >= 11 is 5.45. The summed E-state index contributed by atoms with van der Waals surface area (Å²) in [5, 5.41) is 3.47. The molecule has 0 atom stereocenters. The van der Waals surface area contributed by atoms with E-state index in [4.69, 9.17) is 16.1 Å². The van der Waals surface area contributed by atoms with E-state index in [9.17, 15) is 13.2 Å². The minimum Gasteiger partial charge on any atom is -0.359 e. The predicted molar refractivity (Wildman–Crippen MR) is 51.4 cm³/mol. The molecule has 1 aromatic heterocycles. The van der Waals surface area contributed by atoms with E-state index in [0.717, 1.165) is 6.07 Å². The molecule has 2 rings (SSSR count). The first-order chi connectivity index (χ1) is 7.61. The van der Waals surface area contributed by atoms with E-state index in [1.807, 2.05) is 0 Å². The molecule has 1 heterocycles. The van der Waals surface area contributed by atoms with E-state index in [-0.39, 0.29) is 17.1 Å². The van der Waals surface area contributed by atoms with Crippen molar-refractivity contribution < 1.29 is 17.7 Å². The van der Waals surface area contributed by atoms with Gasteiger partial charge in [0.1, 0.15) is 11.5 Å². The number of alkyl halides is 1. The van der Waals surface area contributed by atoms with Gasteiger partial charge in [0.2, 0.25) is 0 Å². The first-order valence-electron chi connectivity index (χ1n) is 4.28. The maximum Gasteiger partial charge on any atom is 0.168 e. The van der Waals surface area contributed by atoms with Crippen molar-refractivity contribution in [2.75, 3.05) is 0 Å². The molecule has 0 bridgehead atoms. The van der Waals surface area contributed by atoms with E-state index >= 15 is 0 Å². The van der Waals surface area contributed by atoms with Crippen molar-refractivity contribution >= 4 is 11.6 Å². The molecule has 6 heteroatoms. The average Bonchev–Trinajstić information content (AvgIpc) is 2.71. The van der Waals surface area contributed by atoms with Gasteiger partial charge in [-0.3, -0.25) is 0 Å². The van der Waals surface area contributed by atoms with E-state index in [0.29, 0.717) is 11.8 Å². The molecular formula is C10H5ClF3NO. The number of aromatic nitrogens is 1. The minimum absolute atomic E-state index is 0.00606. The van der Waals surface area contributed by atoms with E-state index in [1.54, 1.807) is 0 Å². The Morgan fingerprint density at radius 1 is 1.19 bits per heavy atom. The van der Waals surface area contributed by atoms with Crippen LogP contribution in [0.4, 0.5) is 13.2 Å². The Bertz CT molecular complexity index is 527. The molecule has 0 saturated carbocycles. The van der Waals surface area contributed by atoms with Gasteiger partial charge in [0.15, 0.2) is 17.4 Å². The van der Waals surface area contributed by atoms with Crippen LogP contribution in [0.15, 0.2) is 22.7 Å². The smallest absolute Gasteiger partial charge is 0.168 e. The highest BCUT2D eigenvalue weighted by Gasteiger charge is 2.16. The van der Waals surface area contributed by atoms with Gasteiger partial charge in [-0.05, 0) is 6.07 Å². The molecule has 16 heavy (non-hydrogen) atoms. The molecule has 0 radical (unpaired) electrons. The fraction of sp³-hybridized carbons (Fsp3) is 0.100. The lowest BCUT2D eigenvalue weighted by molar-refractivity contribution is 0.396. The highest BCUT2D eigenvalue weighted by molar-refractivity contribution is 6.16. The lowest BCUT2D eigenvalue weighted by atomic mass is 10.1. The number of rotatable bonds is 2. The van der Waals surface area contributed by atoms with Crippen LogP contribution < -0.4 is 0 Å². The van der Waals surface area contributed by atoms with Gasteiger partial charge in [-0.2, -0.15) is 0 Å². The Kier molecular flexibility index (Phi) is 2.87. The van der Waals surface area contributed by atoms with E-state index in [2.05, 4.69) is 5.16 Å². The highest BCUT2D eigenvalue weighted by Crippen LogP contribution is 2.25. The zero-order chi connectivity index (χ0) is 11.7. The second-order valence-corrected chi connectivity index (χ2v) is 3.33. The quantitative estimate of drug-likeness (QED) is 0.600. The molecule has 2 nitrogen and oxygen atoms in total. The molecule has 0 unspecified atom stereocenters. The third kappa shape index (κ3) is 1.90. The lowest BCUT2D eigenvalue weighted by Crippen LogP contribution is -1.92. The van der Waals surface area contributed by atoms with Crippen molar-refractivity contribution in [3.63, 3.8) is 0 Å². The summed E-state index contributed by atoms with van der Waals surface area (Å²) in [5.74, 6) is -2.99. The Hall–Kier alpha value is -1.49. The maximum absolute atomic E-state index is 13.3. The van der Waals surface area contributed by atoms with Gasteiger partial charge < -0.3 is 4.52 Å². The van der Waals surface area contributed by atoms with E-state index in [1.165, 1.54) is 6.07 Å². The Balaban J connectivity index is 2.54. The monoisotopic (exact) mass is 247 g/mol. The molecule has 2 aromatic rings. The van der Waals surface area contributed by atoms with E-state index < -0.39 is 17.5 Å². The Morgan fingerprint density at radius 3 is 2.56 bits per heavy atom. The number of benzene rings is 1. The first-order valence-corrected chi connectivity index (χ1v) is 4.81. The number of halogens is 4. The first kappa shape index (κ1) is 11.0. The molecule has 0 saturated heterocycles. The van der Waals surface area contributed by atoms with Gasteiger partial charge in [-0.15, -0.1) is 11.6 Å². The number of nitrogens with zero attached hydrogens (tertiary/aromatic N) is 1. The van der Waals surface area contributed by atoms with Gasteiger partial charge in [0, 0.05) is 17.7 Å². The topological polar surface area (TPSA) is 26.0 Å². The van der Waals surface area contributed by atoms with Crippen molar-refractivity contribution in [2.24, 2.45) is 0 Å². The van der Waals surface area contributed by atoms with Crippen LogP contribution in [0.5, 0.6) is 0 Å². The minimum atomic E-state index is -1.27. The summed E-state index contributed by atoms with van der Waals surface area (Å²) in [7, 11) is 0. The fourth-order valence-corrected chi connectivity index (χ4v) is 1.37. The molecule has 0 aliphatic rings. The van der Waals surface area contributed by atoms with Gasteiger partial charge in [-0.25, -0.2) is 13.2 Å².